The fraction of sp³-hybridized carbons (Fsp3) is 0.278. The lowest BCUT2D eigenvalue weighted by Crippen LogP contribution is -2.27. The Balaban J connectivity index is 1.82. The number of carbonyl (C=O) groups is 1. The van der Waals surface area contributed by atoms with E-state index >= 15 is 0 Å². The second kappa shape index (κ2) is 8.99. The minimum Gasteiger partial charge on any atom is -0.326 e. The zero-order chi connectivity index (χ0) is 18.3. The molecule has 2 N–H and O–H groups in total. The number of hydrogen-bond acceptors (Lipinski definition) is 3. The van der Waals surface area contributed by atoms with E-state index in [1.54, 1.807) is 0 Å². The van der Waals surface area contributed by atoms with E-state index in [4.69, 9.17) is 11.6 Å². The van der Waals surface area contributed by atoms with Crippen molar-refractivity contribution >= 4 is 33.2 Å². The Hall–Kier alpha value is -1.89. The van der Waals surface area contributed by atoms with E-state index in [0.717, 1.165) is 12.8 Å². The minimum atomic E-state index is -3.65. The molecule has 0 fully saturated rings. The summed E-state index contributed by atoms with van der Waals surface area (Å²) >= 11 is 5.74. The van der Waals surface area contributed by atoms with Gasteiger partial charge in [0.05, 0.1) is 4.90 Å². The third kappa shape index (κ3) is 6.16. The van der Waals surface area contributed by atoms with Gasteiger partial charge in [-0.1, -0.05) is 37.1 Å². The smallest absolute Gasteiger partial charge is 0.240 e. The average molecular weight is 381 g/mol. The van der Waals surface area contributed by atoms with Crippen LogP contribution in [0.15, 0.2) is 53.4 Å². The molecular formula is C18H21ClN2O3S. The van der Waals surface area contributed by atoms with Crippen molar-refractivity contribution in [3.63, 3.8) is 0 Å². The maximum absolute atomic E-state index is 12.1. The van der Waals surface area contributed by atoms with Crippen LogP contribution in [0.3, 0.4) is 0 Å². The molecule has 0 aromatic heterocycles. The number of rotatable bonds is 8. The Morgan fingerprint density at radius 1 is 1.04 bits per heavy atom. The summed E-state index contributed by atoms with van der Waals surface area (Å²) in [5.41, 5.74) is 1.92. The van der Waals surface area contributed by atoms with Gasteiger partial charge in [0.1, 0.15) is 0 Å². The molecule has 0 radical (unpaired) electrons. The molecular weight excluding hydrogens is 360 g/mol. The van der Waals surface area contributed by atoms with Crippen molar-refractivity contribution in [2.75, 3.05) is 11.9 Å². The zero-order valence-corrected chi connectivity index (χ0v) is 15.5. The molecule has 0 aliphatic heterocycles. The van der Waals surface area contributed by atoms with Crippen LogP contribution >= 0.6 is 11.6 Å². The van der Waals surface area contributed by atoms with Gasteiger partial charge in [0, 0.05) is 23.7 Å². The second-order valence-corrected chi connectivity index (χ2v) is 7.80. The second-order valence-electron chi connectivity index (χ2n) is 5.60. The van der Waals surface area contributed by atoms with Crippen molar-refractivity contribution in [3.8, 4) is 0 Å². The molecule has 7 heteroatoms. The maximum Gasteiger partial charge on any atom is 0.240 e. The van der Waals surface area contributed by atoms with Gasteiger partial charge in [-0.25, -0.2) is 13.1 Å². The highest BCUT2D eigenvalue weighted by molar-refractivity contribution is 7.89. The molecule has 0 spiro atoms. The first-order valence-electron chi connectivity index (χ1n) is 8.05. The molecule has 2 aromatic carbocycles. The molecule has 0 aliphatic rings. The van der Waals surface area contributed by atoms with Gasteiger partial charge in [-0.2, -0.15) is 0 Å². The number of benzene rings is 2. The van der Waals surface area contributed by atoms with Gasteiger partial charge < -0.3 is 5.32 Å². The lowest BCUT2D eigenvalue weighted by Gasteiger charge is -2.08. The van der Waals surface area contributed by atoms with Crippen LogP contribution < -0.4 is 10.0 Å². The largest absolute Gasteiger partial charge is 0.326 e. The molecule has 2 aromatic rings. The van der Waals surface area contributed by atoms with E-state index in [1.165, 1.54) is 29.8 Å². The number of hydrogen-bond donors (Lipinski definition) is 2. The Morgan fingerprint density at radius 3 is 2.28 bits per heavy atom. The van der Waals surface area contributed by atoms with Gasteiger partial charge in [-0.05, 0) is 48.4 Å². The Kier molecular flexibility index (Phi) is 6.99. The fourth-order valence-corrected chi connectivity index (χ4v) is 3.42. The van der Waals surface area contributed by atoms with Crippen molar-refractivity contribution in [1.29, 1.82) is 0 Å². The van der Waals surface area contributed by atoms with Crippen LogP contribution in [0.25, 0.3) is 0 Å². The predicted octanol–water partition coefficient (Wildman–Crippen LogP) is 3.60. The molecule has 0 saturated carbocycles. The normalized spacial score (nSPS) is 11.3. The predicted molar refractivity (Wildman–Crippen MR) is 100 cm³/mol. The van der Waals surface area contributed by atoms with Gasteiger partial charge >= 0.3 is 0 Å². The van der Waals surface area contributed by atoms with Crippen LogP contribution in [-0.4, -0.2) is 20.9 Å². The van der Waals surface area contributed by atoms with E-state index in [1.807, 2.05) is 24.3 Å². The van der Waals surface area contributed by atoms with E-state index in [2.05, 4.69) is 17.0 Å². The zero-order valence-electron chi connectivity index (χ0n) is 14.0. The van der Waals surface area contributed by atoms with Crippen LogP contribution in [0.1, 0.15) is 25.3 Å². The summed E-state index contributed by atoms with van der Waals surface area (Å²) < 4.78 is 26.6. The van der Waals surface area contributed by atoms with Crippen LogP contribution in [-0.2, 0) is 21.2 Å². The van der Waals surface area contributed by atoms with Crippen LogP contribution in [0.4, 0.5) is 5.69 Å². The summed E-state index contributed by atoms with van der Waals surface area (Å²) in [6.07, 6.45) is 2.11. The fourth-order valence-electron chi connectivity index (χ4n) is 2.26. The topological polar surface area (TPSA) is 75.3 Å². The van der Waals surface area contributed by atoms with Crippen LogP contribution in [0.2, 0.25) is 5.02 Å². The highest BCUT2D eigenvalue weighted by Gasteiger charge is 2.14. The van der Waals surface area contributed by atoms with E-state index in [-0.39, 0.29) is 23.8 Å². The van der Waals surface area contributed by atoms with E-state index in [9.17, 15) is 13.2 Å². The quantitative estimate of drug-likeness (QED) is 0.734. The number of sulfonamides is 1. The molecule has 0 saturated heterocycles. The van der Waals surface area contributed by atoms with E-state index in [0.29, 0.717) is 10.7 Å². The molecule has 2 rings (SSSR count). The summed E-state index contributed by atoms with van der Waals surface area (Å²) in [5.74, 6) is -0.248. The first kappa shape index (κ1) is 19.4. The number of halogens is 1. The van der Waals surface area contributed by atoms with Gasteiger partial charge in [0.2, 0.25) is 15.9 Å². The Labute approximate surface area is 153 Å². The molecule has 0 atom stereocenters. The Bertz CT molecular complexity index is 803. The summed E-state index contributed by atoms with van der Waals surface area (Å²) in [6.45, 7) is 2.13. The standard InChI is InChI=1S/C18H21ClN2O3S/c1-2-3-14-4-8-16(9-5-14)21-18(22)12-13-20-25(23,24)17-10-6-15(19)7-11-17/h4-11,20H,2-3,12-13H2,1H3,(H,21,22). The summed E-state index contributed by atoms with van der Waals surface area (Å²) in [4.78, 5) is 12.0. The number of amides is 1. The third-order valence-electron chi connectivity index (χ3n) is 3.54. The molecule has 5 nitrogen and oxygen atoms in total. The van der Waals surface area contributed by atoms with E-state index < -0.39 is 10.0 Å². The first-order chi connectivity index (χ1) is 11.9. The van der Waals surface area contributed by atoms with Crippen molar-refractivity contribution in [1.82, 2.24) is 4.72 Å². The van der Waals surface area contributed by atoms with Gasteiger partial charge in [-0.15, -0.1) is 0 Å². The van der Waals surface area contributed by atoms with Gasteiger partial charge in [0.15, 0.2) is 0 Å². The lowest BCUT2D eigenvalue weighted by molar-refractivity contribution is -0.116. The Morgan fingerprint density at radius 2 is 1.68 bits per heavy atom. The number of nitrogens with one attached hydrogen (secondary N) is 2. The van der Waals surface area contributed by atoms with Crippen molar-refractivity contribution < 1.29 is 13.2 Å². The average Bonchev–Trinajstić information content (AvgIpc) is 2.57. The molecule has 0 unspecified atom stereocenters. The molecule has 134 valence electrons. The molecule has 0 heterocycles. The third-order valence-corrected chi connectivity index (χ3v) is 5.27. The summed E-state index contributed by atoms with van der Waals surface area (Å²) in [7, 11) is -3.65. The molecule has 0 aliphatic carbocycles. The number of carbonyl (C=O) groups excluding carboxylic acids is 1. The number of aryl methyl sites for hydroxylation is 1. The monoisotopic (exact) mass is 380 g/mol. The molecule has 0 bridgehead atoms. The maximum atomic E-state index is 12.1. The van der Waals surface area contributed by atoms with Crippen LogP contribution in [0.5, 0.6) is 0 Å². The van der Waals surface area contributed by atoms with Crippen molar-refractivity contribution in [2.45, 2.75) is 31.1 Å². The molecule has 25 heavy (non-hydrogen) atoms. The molecule has 1 amide bonds. The minimum absolute atomic E-state index is 0.0186. The van der Waals surface area contributed by atoms with Crippen molar-refractivity contribution in [2.24, 2.45) is 0 Å². The summed E-state index contributed by atoms with van der Waals surface area (Å²) in [6, 6.07) is 13.5. The van der Waals surface area contributed by atoms with Crippen LogP contribution in [0, 0.1) is 0 Å². The highest BCUT2D eigenvalue weighted by atomic mass is 35.5. The SMILES string of the molecule is CCCc1ccc(NC(=O)CCNS(=O)(=O)c2ccc(Cl)cc2)cc1. The van der Waals surface area contributed by atoms with Gasteiger partial charge in [-0.3, -0.25) is 4.79 Å². The lowest BCUT2D eigenvalue weighted by atomic mass is 10.1. The van der Waals surface area contributed by atoms with Crippen molar-refractivity contribution in [3.05, 3.63) is 59.1 Å². The number of anilines is 1. The first-order valence-corrected chi connectivity index (χ1v) is 9.91. The highest BCUT2D eigenvalue weighted by Crippen LogP contribution is 2.14. The summed E-state index contributed by atoms with van der Waals surface area (Å²) in [5, 5.41) is 3.21. The van der Waals surface area contributed by atoms with Gasteiger partial charge in [0.25, 0.3) is 0 Å².